The van der Waals surface area contributed by atoms with E-state index in [1.807, 2.05) is 13.8 Å². The molecule has 3 fully saturated rings. The average molecular weight is 280 g/mol. The van der Waals surface area contributed by atoms with E-state index in [0.717, 1.165) is 11.8 Å². The molecular formula is C15H24N2O3. The van der Waals surface area contributed by atoms with Crippen LogP contribution in [-0.4, -0.2) is 29.2 Å². The van der Waals surface area contributed by atoms with Crippen LogP contribution >= 0.6 is 0 Å². The third kappa shape index (κ3) is 2.38. The van der Waals surface area contributed by atoms with Crippen LogP contribution in [0, 0.1) is 29.6 Å². The molecule has 2 amide bonds. The molecule has 3 aliphatic rings. The van der Waals surface area contributed by atoms with Gasteiger partial charge in [0.15, 0.2) is 0 Å². The SMILES string of the molecule is CC(C)C[C@@H](NC(=O)NC1C2C3CCC(C3)C12)C(=O)O. The summed E-state index contributed by atoms with van der Waals surface area (Å²) >= 11 is 0. The minimum absolute atomic E-state index is 0.243. The summed E-state index contributed by atoms with van der Waals surface area (Å²) in [5, 5.41) is 14.7. The fourth-order valence-corrected chi connectivity index (χ4v) is 4.56. The van der Waals surface area contributed by atoms with Crippen molar-refractivity contribution < 1.29 is 14.7 Å². The van der Waals surface area contributed by atoms with Crippen molar-refractivity contribution >= 4 is 12.0 Å². The topological polar surface area (TPSA) is 78.4 Å². The Bertz CT molecular complexity index is 407. The molecule has 0 saturated heterocycles. The highest BCUT2D eigenvalue weighted by molar-refractivity contribution is 5.82. The maximum absolute atomic E-state index is 12.0. The molecule has 3 N–H and O–H groups in total. The number of rotatable bonds is 5. The minimum Gasteiger partial charge on any atom is -0.480 e. The van der Waals surface area contributed by atoms with E-state index in [1.165, 1.54) is 19.3 Å². The largest absolute Gasteiger partial charge is 0.480 e. The van der Waals surface area contributed by atoms with Crippen molar-refractivity contribution in [1.82, 2.24) is 10.6 Å². The molecule has 3 saturated carbocycles. The molecule has 0 radical (unpaired) electrons. The van der Waals surface area contributed by atoms with E-state index in [4.69, 9.17) is 5.11 Å². The summed E-state index contributed by atoms with van der Waals surface area (Å²) in [6.45, 7) is 3.91. The van der Waals surface area contributed by atoms with Gasteiger partial charge in [-0.15, -0.1) is 0 Å². The van der Waals surface area contributed by atoms with E-state index in [2.05, 4.69) is 10.6 Å². The zero-order chi connectivity index (χ0) is 14.4. The van der Waals surface area contributed by atoms with Crippen molar-refractivity contribution in [2.75, 3.05) is 0 Å². The standard InChI is InChI=1S/C15H24N2O3/c1-7(2)5-10(14(18)19)16-15(20)17-13-11-8-3-4-9(6-8)12(11)13/h7-13H,3-6H2,1-2H3,(H,18,19)(H2,16,17,20)/t8?,9?,10-,11?,12?,13?/m1/s1. The molecule has 4 unspecified atom stereocenters. The van der Waals surface area contributed by atoms with Gasteiger partial charge in [-0.1, -0.05) is 13.8 Å². The number of hydrogen-bond acceptors (Lipinski definition) is 2. The maximum atomic E-state index is 12.0. The molecule has 0 spiro atoms. The summed E-state index contributed by atoms with van der Waals surface area (Å²) in [6, 6.07) is -0.795. The summed E-state index contributed by atoms with van der Waals surface area (Å²) in [5.74, 6) is 2.25. The first kappa shape index (κ1) is 13.7. The molecular weight excluding hydrogens is 256 g/mol. The van der Waals surface area contributed by atoms with Gasteiger partial charge in [0, 0.05) is 6.04 Å². The van der Waals surface area contributed by atoms with Crippen LogP contribution in [0.4, 0.5) is 4.79 Å². The van der Waals surface area contributed by atoms with E-state index >= 15 is 0 Å². The number of hydrogen-bond donors (Lipinski definition) is 3. The molecule has 20 heavy (non-hydrogen) atoms. The van der Waals surface area contributed by atoms with E-state index in [0.29, 0.717) is 24.3 Å². The number of nitrogens with one attached hydrogen (secondary N) is 2. The van der Waals surface area contributed by atoms with E-state index in [1.54, 1.807) is 0 Å². The highest BCUT2D eigenvalue weighted by Gasteiger charge is 2.65. The molecule has 5 atom stereocenters. The molecule has 5 heteroatoms. The van der Waals surface area contributed by atoms with Crippen molar-refractivity contribution in [3.05, 3.63) is 0 Å². The zero-order valence-corrected chi connectivity index (χ0v) is 12.1. The first-order chi connectivity index (χ1) is 9.47. The van der Waals surface area contributed by atoms with Crippen molar-refractivity contribution in [1.29, 1.82) is 0 Å². The highest BCUT2D eigenvalue weighted by Crippen LogP contribution is 2.65. The van der Waals surface area contributed by atoms with Crippen LogP contribution in [0.3, 0.4) is 0 Å². The molecule has 0 aromatic rings. The van der Waals surface area contributed by atoms with Gasteiger partial charge in [-0.3, -0.25) is 0 Å². The van der Waals surface area contributed by atoms with Crippen LogP contribution in [0.5, 0.6) is 0 Å². The third-order valence-corrected chi connectivity index (χ3v) is 5.34. The van der Waals surface area contributed by atoms with Crippen molar-refractivity contribution in [3.8, 4) is 0 Å². The first-order valence-electron chi connectivity index (χ1n) is 7.77. The van der Waals surface area contributed by atoms with Gasteiger partial charge in [0.05, 0.1) is 0 Å². The Morgan fingerprint density at radius 3 is 2.30 bits per heavy atom. The lowest BCUT2D eigenvalue weighted by Crippen LogP contribution is -2.48. The molecule has 3 rings (SSSR count). The smallest absolute Gasteiger partial charge is 0.326 e. The van der Waals surface area contributed by atoms with Gasteiger partial charge in [0.25, 0.3) is 0 Å². The Hall–Kier alpha value is -1.26. The van der Waals surface area contributed by atoms with Gasteiger partial charge in [-0.05, 0) is 55.3 Å². The predicted octanol–water partition coefficient (Wildman–Crippen LogP) is 1.83. The minimum atomic E-state index is -0.954. The number of fused-ring (bicyclic) bond motifs is 5. The predicted molar refractivity (Wildman–Crippen MR) is 74.1 cm³/mol. The summed E-state index contributed by atoms with van der Waals surface area (Å²) in [4.78, 5) is 23.1. The maximum Gasteiger partial charge on any atom is 0.326 e. The van der Waals surface area contributed by atoms with Gasteiger partial charge >= 0.3 is 12.0 Å². The Morgan fingerprint density at radius 2 is 1.80 bits per heavy atom. The quantitative estimate of drug-likeness (QED) is 0.719. The number of aliphatic carboxylic acids is 1. The third-order valence-electron chi connectivity index (χ3n) is 5.34. The van der Waals surface area contributed by atoms with E-state index in [-0.39, 0.29) is 11.9 Å². The Morgan fingerprint density at radius 1 is 1.20 bits per heavy atom. The zero-order valence-electron chi connectivity index (χ0n) is 12.1. The van der Waals surface area contributed by atoms with Crippen molar-refractivity contribution in [2.24, 2.45) is 29.6 Å². The first-order valence-corrected chi connectivity index (χ1v) is 7.77. The van der Waals surface area contributed by atoms with E-state index in [9.17, 15) is 9.59 Å². The Labute approximate surface area is 119 Å². The normalized spacial score (nSPS) is 38.5. The molecule has 112 valence electrons. The lowest BCUT2D eigenvalue weighted by molar-refractivity contribution is -0.139. The van der Waals surface area contributed by atoms with Crippen LogP contribution in [0.15, 0.2) is 0 Å². The van der Waals surface area contributed by atoms with Crippen molar-refractivity contribution in [3.63, 3.8) is 0 Å². The van der Waals surface area contributed by atoms with Crippen molar-refractivity contribution in [2.45, 2.75) is 51.6 Å². The second-order valence-electron chi connectivity index (χ2n) is 7.15. The summed E-state index contributed by atoms with van der Waals surface area (Å²) in [7, 11) is 0. The Balaban J connectivity index is 1.49. The van der Waals surface area contributed by atoms with Gasteiger partial charge in [-0.2, -0.15) is 0 Å². The number of urea groups is 1. The Kier molecular flexibility index (Phi) is 3.38. The van der Waals surface area contributed by atoms with Crippen LogP contribution < -0.4 is 10.6 Å². The summed E-state index contributed by atoms with van der Waals surface area (Å²) < 4.78 is 0. The van der Waals surface area contributed by atoms with Gasteiger partial charge < -0.3 is 15.7 Å². The van der Waals surface area contributed by atoms with Crippen LogP contribution in [-0.2, 0) is 4.79 Å². The van der Waals surface area contributed by atoms with Gasteiger partial charge in [0.2, 0.25) is 0 Å². The van der Waals surface area contributed by atoms with Crippen LogP contribution in [0.2, 0.25) is 0 Å². The fraction of sp³-hybridized carbons (Fsp3) is 0.867. The molecule has 2 bridgehead atoms. The average Bonchev–Trinajstić information content (AvgIpc) is 2.76. The second-order valence-corrected chi connectivity index (χ2v) is 7.15. The molecule has 0 aromatic carbocycles. The van der Waals surface area contributed by atoms with Crippen LogP contribution in [0.1, 0.15) is 39.5 Å². The van der Waals surface area contributed by atoms with Crippen LogP contribution in [0.25, 0.3) is 0 Å². The second kappa shape index (κ2) is 4.93. The highest BCUT2D eigenvalue weighted by atomic mass is 16.4. The monoisotopic (exact) mass is 280 g/mol. The number of carbonyl (C=O) groups excluding carboxylic acids is 1. The number of carboxylic acids is 1. The lowest BCUT2D eigenvalue weighted by atomic mass is 10.0. The summed E-state index contributed by atoms with van der Waals surface area (Å²) in [6.07, 6.45) is 4.44. The molecule has 5 nitrogen and oxygen atoms in total. The fourth-order valence-electron chi connectivity index (χ4n) is 4.56. The van der Waals surface area contributed by atoms with Gasteiger partial charge in [-0.25, -0.2) is 9.59 Å². The summed E-state index contributed by atoms with van der Waals surface area (Å²) in [5.41, 5.74) is 0. The number of carboxylic acid groups (broad SMARTS) is 1. The van der Waals surface area contributed by atoms with E-state index < -0.39 is 12.0 Å². The molecule has 0 aliphatic heterocycles. The molecule has 0 heterocycles. The van der Waals surface area contributed by atoms with Gasteiger partial charge in [0.1, 0.15) is 6.04 Å². The lowest BCUT2D eigenvalue weighted by Gasteiger charge is -2.18. The molecule has 0 aromatic heterocycles. The molecule has 3 aliphatic carbocycles. The number of carbonyl (C=O) groups is 2. The number of amides is 2.